The van der Waals surface area contributed by atoms with Gasteiger partial charge in [0.25, 0.3) is 5.56 Å². The molecule has 0 spiro atoms. The second-order valence-corrected chi connectivity index (χ2v) is 9.00. The Hall–Kier alpha value is -5.01. The topological polar surface area (TPSA) is 120 Å². The van der Waals surface area contributed by atoms with Crippen molar-refractivity contribution in [2.45, 2.75) is 25.7 Å². The lowest BCUT2D eigenvalue weighted by Gasteiger charge is -2.13. The highest BCUT2D eigenvalue weighted by atomic mass is 19.4. The van der Waals surface area contributed by atoms with E-state index in [2.05, 4.69) is 20.5 Å². The van der Waals surface area contributed by atoms with Crippen molar-refractivity contribution < 1.29 is 22.4 Å². The molecule has 1 amide bonds. The molecule has 0 atom stereocenters. The molecular weight excluding hydrogens is 534 g/mol. The third-order valence-electron chi connectivity index (χ3n) is 6.35. The molecule has 0 unspecified atom stereocenters. The van der Waals surface area contributed by atoms with Crippen LogP contribution in [0.3, 0.4) is 0 Å². The molecule has 10 nitrogen and oxygen atoms in total. The van der Waals surface area contributed by atoms with Crippen LogP contribution >= 0.6 is 0 Å². The highest BCUT2D eigenvalue weighted by Gasteiger charge is 2.33. The average Bonchev–Trinajstić information content (AvgIpc) is 3.51. The van der Waals surface area contributed by atoms with Crippen molar-refractivity contribution in [3.05, 3.63) is 99.1 Å². The van der Waals surface area contributed by atoms with E-state index in [4.69, 9.17) is 0 Å². The summed E-state index contributed by atoms with van der Waals surface area (Å²) in [5.41, 5.74) is -1.85. The number of nitrogens with zero attached hydrogens (tertiary/aromatic N) is 5. The van der Waals surface area contributed by atoms with E-state index in [1.54, 1.807) is 0 Å². The van der Waals surface area contributed by atoms with E-state index in [1.165, 1.54) is 48.4 Å². The van der Waals surface area contributed by atoms with Crippen molar-refractivity contribution in [3.8, 4) is 11.1 Å². The standard InChI is InChI=1S/C26H21F4N7O3/c1-35-24-19(15-6-8-36(23(39)10-15)9-7-21-31-14-32-34-21)11-16(26(28,29)30)12-20(24)37(25(35)40)13-22(38)33-18-4-2-17(27)3-5-18/h2-6,8,10-12,14H,7,9,13H2,1H3,(H,33,38)(H,31,32,34). The van der Waals surface area contributed by atoms with E-state index in [-0.39, 0.29) is 34.4 Å². The first-order chi connectivity index (χ1) is 19.0. The van der Waals surface area contributed by atoms with Crippen LogP contribution in [0.15, 0.2) is 70.6 Å². The van der Waals surface area contributed by atoms with Crippen LogP contribution in [0.1, 0.15) is 11.4 Å². The number of benzene rings is 2. The molecule has 5 aromatic rings. The zero-order valence-corrected chi connectivity index (χ0v) is 20.9. The molecular formula is C26H21F4N7O3. The average molecular weight is 555 g/mol. The summed E-state index contributed by atoms with van der Waals surface area (Å²) in [5, 5.41) is 8.92. The predicted octanol–water partition coefficient (Wildman–Crippen LogP) is 3.33. The zero-order valence-electron chi connectivity index (χ0n) is 20.9. The molecule has 0 saturated heterocycles. The number of alkyl halides is 3. The van der Waals surface area contributed by atoms with Gasteiger partial charge in [0.1, 0.15) is 24.5 Å². The fourth-order valence-electron chi connectivity index (χ4n) is 4.41. The van der Waals surface area contributed by atoms with E-state index in [0.717, 1.165) is 33.4 Å². The molecule has 14 heteroatoms. The van der Waals surface area contributed by atoms with Gasteiger partial charge in [0.15, 0.2) is 0 Å². The maximum Gasteiger partial charge on any atom is 0.416 e. The van der Waals surface area contributed by atoms with Gasteiger partial charge in [-0.1, -0.05) is 0 Å². The van der Waals surface area contributed by atoms with Crippen molar-refractivity contribution in [1.82, 2.24) is 28.9 Å². The molecule has 0 radical (unpaired) electrons. The van der Waals surface area contributed by atoms with Crippen LogP contribution < -0.4 is 16.6 Å². The number of H-pyrrole nitrogens is 1. The third-order valence-corrected chi connectivity index (χ3v) is 6.35. The number of pyridine rings is 1. The van der Waals surface area contributed by atoms with Crippen molar-refractivity contribution in [2.75, 3.05) is 5.32 Å². The van der Waals surface area contributed by atoms with Crippen LogP contribution in [-0.4, -0.2) is 34.8 Å². The fraction of sp³-hybridized carbons (Fsp3) is 0.192. The highest BCUT2D eigenvalue weighted by molar-refractivity contribution is 5.95. The second-order valence-electron chi connectivity index (χ2n) is 9.00. The van der Waals surface area contributed by atoms with Gasteiger partial charge in [0.05, 0.1) is 16.6 Å². The number of carbonyl (C=O) groups is 1. The summed E-state index contributed by atoms with van der Waals surface area (Å²) in [4.78, 5) is 42.6. The number of aryl methyl sites for hydroxylation is 3. The van der Waals surface area contributed by atoms with Crippen molar-refractivity contribution in [2.24, 2.45) is 7.05 Å². The Morgan fingerprint density at radius 1 is 1.07 bits per heavy atom. The van der Waals surface area contributed by atoms with Gasteiger partial charge in [-0.2, -0.15) is 18.3 Å². The minimum Gasteiger partial charge on any atom is -0.325 e. The number of imidazole rings is 1. The van der Waals surface area contributed by atoms with Crippen LogP contribution in [0, 0.1) is 5.82 Å². The molecule has 5 rings (SSSR count). The molecule has 2 aromatic carbocycles. The molecule has 0 aliphatic heterocycles. The Morgan fingerprint density at radius 2 is 1.82 bits per heavy atom. The Morgan fingerprint density at radius 3 is 2.48 bits per heavy atom. The summed E-state index contributed by atoms with van der Waals surface area (Å²) in [7, 11) is 1.37. The van der Waals surface area contributed by atoms with Crippen LogP contribution in [0.4, 0.5) is 23.2 Å². The fourth-order valence-corrected chi connectivity index (χ4v) is 4.41. The van der Waals surface area contributed by atoms with Crippen LogP contribution in [0.25, 0.3) is 22.2 Å². The third kappa shape index (κ3) is 5.28. The molecule has 0 fully saturated rings. The lowest BCUT2D eigenvalue weighted by atomic mass is 10.0. The monoisotopic (exact) mass is 555 g/mol. The van der Waals surface area contributed by atoms with E-state index in [9.17, 15) is 31.9 Å². The van der Waals surface area contributed by atoms with Gasteiger partial charge >= 0.3 is 11.9 Å². The summed E-state index contributed by atoms with van der Waals surface area (Å²) >= 11 is 0. The number of rotatable bonds is 7. The van der Waals surface area contributed by atoms with E-state index in [1.807, 2.05) is 0 Å². The molecule has 0 bridgehead atoms. The van der Waals surface area contributed by atoms with E-state index in [0.29, 0.717) is 12.2 Å². The minimum atomic E-state index is -4.78. The number of nitrogens with one attached hydrogen (secondary N) is 2. The van der Waals surface area contributed by atoms with Crippen LogP contribution in [-0.2, 0) is 37.5 Å². The van der Waals surface area contributed by atoms with Gasteiger partial charge in [0.2, 0.25) is 5.91 Å². The molecule has 0 saturated carbocycles. The Labute approximate surface area is 222 Å². The van der Waals surface area contributed by atoms with E-state index >= 15 is 0 Å². The van der Waals surface area contributed by atoms with Crippen molar-refractivity contribution in [3.63, 3.8) is 0 Å². The largest absolute Gasteiger partial charge is 0.416 e. The second kappa shape index (κ2) is 10.3. The van der Waals surface area contributed by atoms with E-state index < -0.39 is 41.3 Å². The van der Waals surface area contributed by atoms with Gasteiger partial charge in [-0.05, 0) is 48.0 Å². The molecule has 206 valence electrons. The summed E-state index contributed by atoms with van der Waals surface area (Å²) in [6.07, 6.45) is -1.61. The number of halogens is 4. The Kier molecular flexibility index (Phi) is 6.83. The molecule has 0 aliphatic carbocycles. The predicted molar refractivity (Wildman–Crippen MR) is 137 cm³/mol. The van der Waals surface area contributed by atoms with Gasteiger partial charge < -0.3 is 9.88 Å². The van der Waals surface area contributed by atoms with Crippen LogP contribution in [0.5, 0.6) is 0 Å². The number of hydrogen-bond donors (Lipinski definition) is 2. The number of aromatic amines is 1. The number of carbonyl (C=O) groups excluding carboxylic acids is 1. The first-order valence-electron chi connectivity index (χ1n) is 11.9. The maximum absolute atomic E-state index is 13.9. The summed E-state index contributed by atoms with van der Waals surface area (Å²) < 4.78 is 58.4. The lowest BCUT2D eigenvalue weighted by Crippen LogP contribution is -2.28. The van der Waals surface area contributed by atoms with Gasteiger partial charge in [-0.3, -0.25) is 23.8 Å². The summed E-state index contributed by atoms with van der Waals surface area (Å²) in [6.45, 7) is -0.345. The van der Waals surface area contributed by atoms with Gasteiger partial charge in [0, 0.05) is 43.5 Å². The normalized spacial score (nSPS) is 11.7. The van der Waals surface area contributed by atoms with Crippen molar-refractivity contribution >= 4 is 22.6 Å². The zero-order chi connectivity index (χ0) is 28.6. The first kappa shape index (κ1) is 26.6. The minimum absolute atomic E-state index is 0.00148. The first-order valence-corrected chi connectivity index (χ1v) is 11.9. The number of aromatic nitrogens is 6. The molecule has 2 N–H and O–H groups in total. The van der Waals surface area contributed by atoms with Crippen LogP contribution in [0.2, 0.25) is 0 Å². The van der Waals surface area contributed by atoms with Crippen molar-refractivity contribution in [1.29, 1.82) is 0 Å². The number of hydrogen-bond acceptors (Lipinski definition) is 5. The molecule has 3 aromatic heterocycles. The Bertz CT molecular complexity index is 1820. The number of fused-ring (bicyclic) bond motifs is 1. The quantitative estimate of drug-likeness (QED) is 0.299. The van der Waals surface area contributed by atoms with Gasteiger partial charge in [-0.15, -0.1) is 0 Å². The SMILES string of the molecule is Cn1c(=O)n(CC(=O)Nc2ccc(F)cc2)c2cc(C(F)(F)F)cc(-c3ccn(CCc4ncn[nH]4)c(=O)c3)c21. The molecule has 3 heterocycles. The Balaban J connectivity index is 1.56. The molecule has 0 aliphatic rings. The number of anilines is 1. The smallest absolute Gasteiger partial charge is 0.325 e. The summed E-state index contributed by atoms with van der Waals surface area (Å²) in [6, 6.07) is 9.23. The molecule has 40 heavy (non-hydrogen) atoms. The summed E-state index contributed by atoms with van der Waals surface area (Å²) in [5.74, 6) is -0.650. The maximum atomic E-state index is 13.9. The lowest BCUT2D eigenvalue weighted by molar-refractivity contribution is -0.137. The van der Waals surface area contributed by atoms with Gasteiger partial charge in [-0.25, -0.2) is 14.2 Å². The highest BCUT2D eigenvalue weighted by Crippen LogP contribution is 2.36. The number of amides is 1.